The van der Waals surface area contributed by atoms with E-state index in [0.717, 1.165) is 23.4 Å². The first-order chi connectivity index (χ1) is 9.59. The Balaban J connectivity index is 2.14. The maximum absolute atomic E-state index is 9.09. The highest BCUT2D eigenvalue weighted by molar-refractivity contribution is 5.48. The first kappa shape index (κ1) is 12.7. The number of fused-ring (bicyclic) bond motifs is 1. The molecule has 0 N–H and O–H groups in total. The number of benzene rings is 1. The van der Waals surface area contributed by atoms with Gasteiger partial charge in [-0.2, -0.15) is 5.26 Å². The number of rotatable bonds is 1. The number of ether oxygens (including phenoxy) is 1. The number of nitrogens with zero attached hydrogens (tertiary/aromatic N) is 2. The Bertz CT molecular complexity index is 671. The molecular formula is C17H16N2O. The summed E-state index contributed by atoms with van der Waals surface area (Å²) in [5.74, 6) is 1.03. The van der Waals surface area contributed by atoms with E-state index in [1.165, 1.54) is 0 Å². The first-order valence-corrected chi connectivity index (χ1v) is 6.73. The van der Waals surface area contributed by atoms with Crippen molar-refractivity contribution in [2.24, 2.45) is 0 Å². The highest BCUT2D eigenvalue weighted by atomic mass is 16.5. The van der Waals surface area contributed by atoms with Gasteiger partial charge in [-0.25, -0.2) is 0 Å². The molecule has 1 aliphatic heterocycles. The van der Waals surface area contributed by atoms with E-state index in [0.29, 0.717) is 5.56 Å². The van der Waals surface area contributed by atoms with Crippen molar-refractivity contribution >= 4 is 0 Å². The Morgan fingerprint density at radius 3 is 2.85 bits per heavy atom. The van der Waals surface area contributed by atoms with Crippen molar-refractivity contribution in [3.63, 3.8) is 0 Å². The lowest BCUT2D eigenvalue weighted by molar-refractivity contribution is 0.0769. The Kier molecular flexibility index (Phi) is 2.94. The topological polar surface area (TPSA) is 45.9 Å². The number of hydrogen-bond donors (Lipinski definition) is 0. The summed E-state index contributed by atoms with van der Waals surface area (Å²) in [7, 11) is 0. The van der Waals surface area contributed by atoms with E-state index < -0.39 is 0 Å². The van der Waals surface area contributed by atoms with E-state index >= 15 is 0 Å². The smallest absolute Gasteiger partial charge is 0.124 e. The molecule has 3 heteroatoms. The van der Waals surface area contributed by atoms with Crippen LogP contribution < -0.4 is 4.74 Å². The average Bonchev–Trinajstić information content (AvgIpc) is 2.46. The van der Waals surface area contributed by atoms with Gasteiger partial charge >= 0.3 is 0 Å². The van der Waals surface area contributed by atoms with Crippen molar-refractivity contribution in [2.75, 3.05) is 0 Å². The molecule has 2 heterocycles. The third-order valence-corrected chi connectivity index (χ3v) is 3.64. The van der Waals surface area contributed by atoms with Crippen molar-refractivity contribution in [1.29, 1.82) is 5.26 Å². The molecule has 3 rings (SSSR count). The maximum atomic E-state index is 9.09. The molecule has 3 nitrogen and oxygen atoms in total. The Morgan fingerprint density at radius 2 is 2.15 bits per heavy atom. The third-order valence-electron chi connectivity index (χ3n) is 3.64. The predicted octanol–water partition coefficient (Wildman–Crippen LogP) is 3.65. The molecule has 100 valence electrons. The quantitative estimate of drug-likeness (QED) is 0.789. The summed E-state index contributed by atoms with van der Waals surface area (Å²) >= 11 is 0. The minimum Gasteiger partial charge on any atom is -0.488 e. The zero-order valence-corrected chi connectivity index (χ0v) is 11.6. The third kappa shape index (κ3) is 2.25. The minimum absolute atomic E-state index is 0.170. The summed E-state index contributed by atoms with van der Waals surface area (Å²) in [4.78, 5) is 4.48. The van der Waals surface area contributed by atoms with Crippen LogP contribution in [0.2, 0.25) is 0 Å². The van der Waals surface area contributed by atoms with E-state index in [1.54, 1.807) is 6.07 Å². The van der Waals surface area contributed by atoms with Gasteiger partial charge in [0, 0.05) is 23.4 Å². The number of pyridine rings is 1. The molecule has 0 bridgehead atoms. The average molecular weight is 264 g/mol. The maximum Gasteiger partial charge on any atom is 0.124 e. The van der Waals surface area contributed by atoms with Crippen LogP contribution >= 0.6 is 0 Å². The Labute approximate surface area is 118 Å². The molecule has 0 spiro atoms. The fourth-order valence-electron chi connectivity index (χ4n) is 2.77. The first-order valence-electron chi connectivity index (χ1n) is 6.73. The highest BCUT2D eigenvalue weighted by Crippen LogP contribution is 2.43. The van der Waals surface area contributed by atoms with Gasteiger partial charge in [0.15, 0.2) is 0 Å². The summed E-state index contributed by atoms with van der Waals surface area (Å²) in [6.45, 7) is 4.17. The minimum atomic E-state index is -0.233. The van der Waals surface area contributed by atoms with Gasteiger partial charge in [0.05, 0.1) is 11.6 Å². The monoisotopic (exact) mass is 264 g/mol. The summed E-state index contributed by atoms with van der Waals surface area (Å²) in [6, 6.07) is 13.8. The zero-order valence-electron chi connectivity index (χ0n) is 11.6. The van der Waals surface area contributed by atoms with E-state index in [4.69, 9.17) is 10.00 Å². The van der Waals surface area contributed by atoms with Crippen LogP contribution in [0.1, 0.15) is 43.0 Å². The second-order valence-electron chi connectivity index (χ2n) is 5.74. The molecule has 0 fully saturated rings. The fraction of sp³-hybridized carbons (Fsp3) is 0.294. The van der Waals surface area contributed by atoms with Gasteiger partial charge in [0.25, 0.3) is 0 Å². The van der Waals surface area contributed by atoms with Gasteiger partial charge in [0.2, 0.25) is 0 Å². The van der Waals surface area contributed by atoms with Crippen LogP contribution in [0.5, 0.6) is 5.75 Å². The van der Waals surface area contributed by atoms with Gasteiger partial charge in [0.1, 0.15) is 11.4 Å². The lowest BCUT2D eigenvalue weighted by atomic mass is 9.81. The lowest BCUT2D eigenvalue weighted by Crippen LogP contribution is -2.35. The summed E-state index contributed by atoms with van der Waals surface area (Å²) < 4.78 is 6.03. The predicted molar refractivity (Wildman–Crippen MR) is 76.6 cm³/mol. The second kappa shape index (κ2) is 4.64. The number of hydrogen-bond acceptors (Lipinski definition) is 3. The number of aromatic nitrogens is 1. The highest BCUT2D eigenvalue weighted by Gasteiger charge is 2.35. The fourth-order valence-corrected chi connectivity index (χ4v) is 2.77. The normalized spacial score (nSPS) is 19.6. The van der Waals surface area contributed by atoms with Crippen LogP contribution in [-0.4, -0.2) is 10.6 Å². The van der Waals surface area contributed by atoms with E-state index in [-0.39, 0.29) is 11.5 Å². The zero-order chi connectivity index (χ0) is 14.2. The van der Waals surface area contributed by atoms with Crippen molar-refractivity contribution in [1.82, 2.24) is 4.98 Å². The van der Waals surface area contributed by atoms with Crippen molar-refractivity contribution in [3.8, 4) is 11.8 Å². The lowest BCUT2D eigenvalue weighted by Gasteiger charge is -2.37. The van der Waals surface area contributed by atoms with Crippen LogP contribution in [0.3, 0.4) is 0 Å². The van der Waals surface area contributed by atoms with Crippen LogP contribution in [0, 0.1) is 11.3 Å². The van der Waals surface area contributed by atoms with Crippen molar-refractivity contribution < 1.29 is 4.74 Å². The molecule has 2 aromatic rings. The number of nitriles is 1. The molecule has 0 saturated heterocycles. The van der Waals surface area contributed by atoms with Gasteiger partial charge in [-0.3, -0.25) is 4.98 Å². The van der Waals surface area contributed by atoms with E-state index in [1.807, 2.05) is 36.5 Å². The molecule has 0 unspecified atom stereocenters. The van der Waals surface area contributed by atoms with Gasteiger partial charge in [-0.15, -0.1) is 0 Å². The summed E-state index contributed by atoms with van der Waals surface area (Å²) in [5.41, 5.74) is 2.51. The Morgan fingerprint density at radius 1 is 1.30 bits per heavy atom. The summed E-state index contributed by atoms with van der Waals surface area (Å²) in [5, 5.41) is 9.09. The van der Waals surface area contributed by atoms with Crippen molar-refractivity contribution in [3.05, 3.63) is 59.4 Å². The molecule has 0 amide bonds. The molecular weight excluding hydrogens is 248 g/mol. The molecule has 0 radical (unpaired) electrons. The molecule has 0 saturated carbocycles. The van der Waals surface area contributed by atoms with Crippen LogP contribution in [-0.2, 0) is 0 Å². The standard InChI is InChI=1S/C17H16N2O/c1-17(2)10-14(15-5-3-4-8-19-15)13-9-12(11-18)6-7-16(13)20-17/h3-9,14H,10H2,1-2H3/t14-/m0/s1. The molecule has 1 aliphatic rings. The van der Waals surface area contributed by atoms with Gasteiger partial charge in [-0.05, 0) is 50.6 Å². The van der Waals surface area contributed by atoms with E-state index in [9.17, 15) is 0 Å². The van der Waals surface area contributed by atoms with Gasteiger partial charge in [-0.1, -0.05) is 6.07 Å². The molecule has 1 aromatic heterocycles. The molecule has 1 aromatic carbocycles. The Hall–Kier alpha value is -2.34. The summed E-state index contributed by atoms with van der Waals surface area (Å²) in [6.07, 6.45) is 2.66. The van der Waals surface area contributed by atoms with Crippen LogP contribution in [0.4, 0.5) is 0 Å². The van der Waals surface area contributed by atoms with Gasteiger partial charge < -0.3 is 4.74 Å². The largest absolute Gasteiger partial charge is 0.488 e. The molecule has 1 atom stereocenters. The molecule has 20 heavy (non-hydrogen) atoms. The SMILES string of the molecule is CC1(C)C[C@H](c2ccccn2)c2cc(C#N)ccc2O1. The molecule has 0 aliphatic carbocycles. The van der Waals surface area contributed by atoms with Crippen LogP contribution in [0.15, 0.2) is 42.6 Å². The van der Waals surface area contributed by atoms with Crippen LogP contribution in [0.25, 0.3) is 0 Å². The second-order valence-corrected chi connectivity index (χ2v) is 5.74. The van der Waals surface area contributed by atoms with Crippen molar-refractivity contribution in [2.45, 2.75) is 31.8 Å². The van der Waals surface area contributed by atoms with E-state index in [2.05, 4.69) is 24.9 Å².